The average molecular weight is 377 g/mol. The molecule has 0 aliphatic rings. The molecule has 1 heterocycles. The minimum atomic E-state index is -3.70. The van der Waals surface area contributed by atoms with E-state index in [-0.39, 0.29) is 22.0 Å². The van der Waals surface area contributed by atoms with Crippen molar-refractivity contribution in [1.29, 1.82) is 0 Å². The Kier molecular flexibility index (Phi) is 5.94. The number of anilines is 1. The van der Waals surface area contributed by atoms with E-state index in [1.165, 1.54) is 18.3 Å². The molecule has 9 heteroatoms. The van der Waals surface area contributed by atoms with Gasteiger partial charge in [-0.2, -0.15) is 0 Å². The lowest BCUT2D eigenvalue weighted by Gasteiger charge is -2.20. The zero-order valence-corrected chi connectivity index (χ0v) is 15.8. The SMILES string of the molecule is CC(C)(C)Nc1nccc(C(=O)NCCc2ccc(S(N)(=O)=O)cc2)n1. The second-order valence-corrected chi connectivity index (χ2v) is 8.40. The van der Waals surface area contributed by atoms with Gasteiger partial charge in [-0.05, 0) is 51.0 Å². The quantitative estimate of drug-likeness (QED) is 0.696. The van der Waals surface area contributed by atoms with Crippen molar-refractivity contribution in [1.82, 2.24) is 15.3 Å². The Hall–Kier alpha value is -2.52. The largest absolute Gasteiger partial charge is 0.350 e. The molecule has 1 aromatic carbocycles. The Morgan fingerprint density at radius 2 is 1.81 bits per heavy atom. The van der Waals surface area contributed by atoms with Gasteiger partial charge < -0.3 is 10.6 Å². The van der Waals surface area contributed by atoms with Gasteiger partial charge in [-0.1, -0.05) is 12.1 Å². The number of nitrogens with zero attached hydrogens (tertiary/aromatic N) is 2. The van der Waals surface area contributed by atoms with Crippen LogP contribution < -0.4 is 15.8 Å². The molecule has 0 radical (unpaired) electrons. The summed E-state index contributed by atoms with van der Waals surface area (Å²) in [6.07, 6.45) is 2.08. The van der Waals surface area contributed by atoms with Crippen LogP contribution in [-0.2, 0) is 16.4 Å². The number of rotatable bonds is 6. The van der Waals surface area contributed by atoms with Gasteiger partial charge in [0.05, 0.1) is 4.90 Å². The minimum absolute atomic E-state index is 0.0603. The first-order chi connectivity index (χ1) is 12.0. The van der Waals surface area contributed by atoms with Crippen molar-refractivity contribution < 1.29 is 13.2 Å². The van der Waals surface area contributed by atoms with Crippen LogP contribution in [0, 0.1) is 0 Å². The van der Waals surface area contributed by atoms with E-state index < -0.39 is 10.0 Å². The van der Waals surface area contributed by atoms with Crippen molar-refractivity contribution in [3.8, 4) is 0 Å². The van der Waals surface area contributed by atoms with E-state index in [4.69, 9.17) is 5.14 Å². The molecule has 0 fully saturated rings. The van der Waals surface area contributed by atoms with Crippen molar-refractivity contribution in [3.63, 3.8) is 0 Å². The highest BCUT2D eigenvalue weighted by Gasteiger charge is 2.13. The topological polar surface area (TPSA) is 127 Å². The highest BCUT2D eigenvalue weighted by molar-refractivity contribution is 7.89. The lowest BCUT2D eigenvalue weighted by atomic mass is 10.1. The van der Waals surface area contributed by atoms with Crippen molar-refractivity contribution in [2.75, 3.05) is 11.9 Å². The summed E-state index contributed by atoms with van der Waals surface area (Å²) in [7, 11) is -3.70. The number of nitrogens with one attached hydrogen (secondary N) is 2. The molecule has 140 valence electrons. The van der Waals surface area contributed by atoms with Crippen molar-refractivity contribution in [2.24, 2.45) is 5.14 Å². The molecule has 0 bridgehead atoms. The third-order valence-corrected chi connectivity index (χ3v) is 4.26. The number of aromatic nitrogens is 2. The van der Waals surface area contributed by atoms with E-state index in [2.05, 4.69) is 20.6 Å². The second-order valence-electron chi connectivity index (χ2n) is 6.84. The van der Waals surface area contributed by atoms with Crippen LogP contribution in [-0.4, -0.2) is 36.4 Å². The lowest BCUT2D eigenvalue weighted by Crippen LogP contribution is -2.29. The van der Waals surface area contributed by atoms with Crippen LogP contribution in [0.3, 0.4) is 0 Å². The Labute approximate surface area is 153 Å². The smallest absolute Gasteiger partial charge is 0.270 e. The van der Waals surface area contributed by atoms with E-state index in [0.717, 1.165) is 5.56 Å². The fourth-order valence-corrected chi connectivity index (χ4v) is 2.65. The van der Waals surface area contributed by atoms with Crippen molar-refractivity contribution in [2.45, 2.75) is 37.6 Å². The van der Waals surface area contributed by atoms with Crippen LogP contribution in [0.15, 0.2) is 41.4 Å². The van der Waals surface area contributed by atoms with E-state index in [9.17, 15) is 13.2 Å². The highest BCUT2D eigenvalue weighted by atomic mass is 32.2. The van der Waals surface area contributed by atoms with Crippen LogP contribution in [0.4, 0.5) is 5.95 Å². The Bertz CT molecular complexity index is 874. The van der Waals surface area contributed by atoms with E-state index in [1.807, 2.05) is 20.8 Å². The van der Waals surface area contributed by atoms with Crippen LogP contribution in [0.5, 0.6) is 0 Å². The summed E-state index contributed by atoms with van der Waals surface area (Å²) in [5, 5.41) is 11.0. The van der Waals surface area contributed by atoms with E-state index in [1.54, 1.807) is 18.2 Å². The first-order valence-electron chi connectivity index (χ1n) is 8.06. The molecular weight excluding hydrogens is 354 g/mol. The number of carbonyl (C=O) groups is 1. The summed E-state index contributed by atoms with van der Waals surface area (Å²) in [6, 6.07) is 7.77. The molecule has 8 nitrogen and oxygen atoms in total. The van der Waals surface area contributed by atoms with Gasteiger partial charge in [0.2, 0.25) is 16.0 Å². The molecule has 0 unspecified atom stereocenters. The Balaban J connectivity index is 1.92. The first-order valence-corrected chi connectivity index (χ1v) is 9.60. The molecule has 4 N–H and O–H groups in total. The number of primary sulfonamides is 1. The average Bonchev–Trinajstić information content (AvgIpc) is 2.53. The van der Waals surface area contributed by atoms with Gasteiger partial charge in [-0.15, -0.1) is 0 Å². The molecule has 1 aromatic heterocycles. The van der Waals surface area contributed by atoms with Gasteiger partial charge in [0.25, 0.3) is 5.91 Å². The number of hydrogen-bond donors (Lipinski definition) is 3. The predicted octanol–water partition coefficient (Wildman–Crippen LogP) is 1.31. The van der Waals surface area contributed by atoms with Crippen LogP contribution >= 0.6 is 0 Å². The lowest BCUT2D eigenvalue weighted by molar-refractivity contribution is 0.0949. The van der Waals surface area contributed by atoms with Gasteiger partial charge >= 0.3 is 0 Å². The number of sulfonamides is 1. The third-order valence-electron chi connectivity index (χ3n) is 3.33. The summed E-state index contributed by atoms with van der Waals surface area (Å²) < 4.78 is 22.4. The molecule has 0 atom stereocenters. The number of hydrogen-bond acceptors (Lipinski definition) is 6. The van der Waals surface area contributed by atoms with Crippen molar-refractivity contribution >= 4 is 21.9 Å². The molecule has 1 amide bonds. The van der Waals surface area contributed by atoms with Crippen LogP contribution in [0.25, 0.3) is 0 Å². The van der Waals surface area contributed by atoms with Gasteiger partial charge in [-0.25, -0.2) is 23.5 Å². The van der Waals surface area contributed by atoms with Crippen molar-refractivity contribution in [3.05, 3.63) is 47.8 Å². The highest BCUT2D eigenvalue weighted by Crippen LogP contribution is 2.10. The fraction of sp³-hybridized carbons (Fsp3) is 0.353. The zero-order valence-electron chi connectivity index (χ0n) is 15.0. The normalized spacial score (nSPS) is 11.8. The maximum atomic E-state index is 12.2. The second kappa shape index (κ2) is 7.79. The van der Waals surface area contributed by atoms with Gasteiger partial charge in [0, 0.05) is 18.3 Å². The minimum Gasteiger partial charge on any atom is -0.350 e. The zero-order chi connectivity index (χ0) is 19.4. The molecule has 2 aromatic rings. The van der Waals surface area contributed by atoms with Crippen LogP contribution in [0.1, 0.15) is 36.8 Å². The standard InChI is InChI=1S/C17H23N5O3S/c1-17(2,3)22-16-20-11-9-14(21-16)15(23)19-10-8-12-4-6-13(7-5-12)26(18,24)25/h4-7,9,11H,8,10H2,1-3H3,(H,19,23)(H2,18,24,25)(H,20,21,22). The number of amides is 1. The summed E-state index contributed by atoms with van der Waals surface area (Å²) >= 11 is 0. The van der Waals surface area contributed by atoms with Gasteiger partial charge in [0.1, 0.15) is 5.69 Å². The summed E-state index contributed by atoms with van der Waals surface area (Å²) in [5.74, 6) is 0.0919. The molecule has 0 aliphatic carbocycles. The number of carbonyl (C=O) groups excluding carboxylic acids is 1. The van der Waals surface area contributed by atoms with Gasteiger partial charge in [-0.3, -0.25) is 4.79 Å². The third kappa shape index (κ3) is 6.08. The maximum Gasteiger partial charge on any atom is 0.270 e. The monoisotopic (exact) mass is 377 g/mol. The molecule has 2 rings (SSSR count). The van der Waals surface area contributed by atoms with Gasteiger partial charge in [0.15, 0.2) is 0 Å². The molecule has 0 saturated heterocycles. The Morgan fingerprint density at radius 1 is 1.15 bits per heavy atom. The van der Waals surface area contributed by atoms with Crippen LogP contribution in [0.2, 0.25) is 0 Å². The Morgan fingerprint density at radius 3 is 2.38 bits per heavy atom. The fourth-order valence-electron chi connectivity index (χ4n) is 2.14. The molecule has 0 aliphatic heterocycles. The summed E-state index contributed by atoms with van der Waals surface area (Å²) in [5.41, 5.74) is 0.949. The molecule has 0 saturated carbocycles. The van der Waals surface area contributed by atoms with E-state index in [0.29, 0.717) is 18.9 Å². The van der Waals surface area contributed by atoms with E-state index >= 15 is 0 Å². The number of nitrogens with two attached hydrogens (primary N) is 1. The predicted molar refractivity (Wildman–Crippen MR) is 99.3 cm³/mol. The maximum absolute atomic E-state index is 12.2. The molecular formula is C17H23N5O3S. The first kappa shape index (κ1) is 19.8. The summed E-state index contributed by atoms with van der Waals surface area (Å²) in [4.78, 5) is 20.6. The summed E-state index contributed by atoms with van der Waals surface area (Å²) in [6.45, 7) is 6.32. The molecule has 26 heavy (non-hydrogen) atoms. The molecule has 0 spiro atoms. The number of benzene rings is 1.